The van der Waals surface area contributed by atoms with E-state index in [1.54, 1.807) is 28.1 Å². The van der Waals surface area contributed by atoms with Gasteiger partial charge in [-0.1, -0.05) is 0 Å². The third-order valence-electron chi connectivity index (χ3n) is 5.17. The van der Waals surface area contributed by atoms with Gasteiger partial charge in [-0.3, -0.25) is 4.79 Å². The standard InChI is InChI=1S/C20H43NO11Si2/c1-16(10-29-11-17(2)31-19(24)8-9-33(7,26-4)27-5)30-12-18(3)32-20(25)21-13-34(14-22,15-23)28-6/h16-18,22-23H,8-15H2,1-7H3,(H,21,25). The first-order valence-corrected chi connectivity index (χ1v) is 16.2. The van der Waals surface area contributed by atoms with E-state index in [1.807, 2.05) is 13.5 Å². The van der Waals surface area contributed by atoms with Gasteiger partial charge in [0.15, 0.2) is 0 Å². The molecule has 1 amide bonds. The number of ether oxygens (including phenoxy) is 4. The van der Waals surface area contributed by atoms with Crippen LogP contribution in [0.25, 0.3) is 0 Å². The summed E-state index contributed by atoms with van der Waals surface area (Å²) in [5.41, 5.74) is 0. The molecular formula is C20H43NO11Si2. The summed E-state index contributed by atoms with van der Waals surface area (Å²) in [6, 6.07) is 0.508. The van der Waals surface area contributed by atoms with E-state index >= 15 is 0 Å². The molecule has 0 bridgehead atoms. The average molecular weight is 530 g/mol. The summed E-state index contributed by atoms with van der Waals surface area (Å²) >= 11 is 0. The Bertz CT molecular complexity index is 568. The monoisotopic (exact) mass is 529 g/mol. The zero-order valence-corrected chi connectivity index (χ0v) is 23.5. The van der Waals surface area contributed by atoms with Gasteiger partial charge in [0.25, 0.3) is 8.32 Å². The Morgan fingerprint density at radius 3 is 1.94 bits per heavy atom. The van der Waals surface area contributed by atoms with Crippen molar-refractivity contribution in [2.75, 3.05) is 59.8 Å². The Hall–Kier alpha value is -1.11. The highest BCUT2D eigenvalue weighted by molar-refractivity contribution is 6.73. The summed E-state index contributed by atoms with van der Waals surface area (Å²) in [6.45, 7) is 7.76. The molecule has 34 heavy (non-hydrogen) atoms. The van der Waals surface area contributed by atoms with Crippen molar-refractivity contribution in [2.24, 2.45) is 0 Å². The fourth-order valence-corrected chi connectivity index (χ4v) is 4.96. The molecule has 0 fully saturated rings. The van der Waals surface area contributed by atoms with Crippen molar-refractivity contribution in [2.45, 2.75) is 58.1 Å². The number of alkyl carbamates (subject to hydrolysis) is 1. The van der Waals surface area contributed by atoms with Crippen LogP contribution < -0.4 is 5.32 Å². The summed E-state index contributed by atoms with van der Waals surface area (Å²) < 4.78 is 37.6. The van der Waals surface area contributed by atoms with Gasteiger partial charge in [0.05, 0.1) is 38.4 Å². The molecule has 0 radical (unpaired) electrons. The predicted octanol–water partition coefficient (Wildman–Crippen LogP) is 0.404. The van der Waals surface area contributed by atoms with Crippen molar-refractivity contribution in [3.63, 3.8) is 0 Å². The second kappa shape index (κ2) is 17.3. The SMILES string of the molecule is CO[Si](CO)(CO)CNC(=O)OC(C)COC(C)COCC(C)OC(=O)CC[Si](C)(OC)OC. The largest absolute Gasteiger partial charge is 0.460 e. The quantitative estimate of drug-likeness (QED) is 0.158. The highest BCUT2D eigenvalue weighted by atomic mass is 28.4. The van der Waals surface area contributed by atoms with Crippen LogP contribution in [0.1, 0.15) is 27.2 Å². The number of carbonyl (C=O) groups excluding carboxylic acids is 2. The van der Waals surface area contributed by atoms with E-state index in [2.05, 4.69) is 5.32 Å². The number of aliphatic hydroxyl groups excluding tert-OH is 2. The second-order valence-corrected chi connectivity index (χ2v) is 15.6. The first-order valence-electron chi connectivity index (χ1n) is 11.2. The highest BCUT2D eigenvalue weighted by Crippen LogP contribution is 2.14. The summed E-state index contributed by atoms with van der Waals surface area (Å²) in [7, 11) is -0.576. The summed E-state index contributed by atoms with van der Waals surface area (Å²) in [4.78, 5) is 23.9. The molecular weight excluding hydrogens is 486 g/mol. The second-order valence-electron chi connectivity index (χ2n) is 8.30. The Kier molecular flexibility index (Phi) is 16.8. The number of carbonyl (C=O) groups is 2. The van der Waals surface area contributed by atoms with E-state index in [0.29, 0.717) is 6.04 Å². The van der Waals surface area contributed by atoms with Crippen molar-refractivity contribution in [3.05, 3.63) is 0 Å². The molecule has 0 aliphatic rings. The molecule has 3 N–H and O–H groups in total. The Balaban J connectivity index is 4.07. The lowest BCUT2D eigenvalue weighted by atomic mass is 10.4. The molecule has 0 aromatic carbocycles. The van der Waals surface area contributed by atoms with Gasteiger partial charge in [-0.25, -0.2) is 4.79 Å². The smallest absolute Gasteiger partial charge is 0.407 e. The molecule has 0 rings (SSSR count). The van der Waals surface area contributed by atoms with Crippen molar-refractivity contribution >= 4 is 28.9 Å². The van der Waals surface area contributed by atoms with Gasteiger partial charge >= 0.3 is 20.6 Å². The predicted molar refractivity (Wildman–Crippen MR) is 128 cm³/mol. The maximum absolute atomic E-state index is 12.0. The average Bonchev–Trinajstić information content (AvgIpc) is 2.82. The molecule has 0 aromatic rings. The van der Waals surface area contributed by atoms with E-state index in [-0.39, 0.29) is 56.9 Å². The summed E-state index contributed by atoms with van der Waals surface area (Å²) in [5.74, 6) is -0.333. The van der Waals surface area contributed by atoms with Gasteiger partial charge in [0, 0.05) is 40.0 Å². The highest BCUT2D eigenvalue weighted by Gasteiger charge is 2.34. The number of esters is 1. The first-order chi connectivity index (χ1) is 16.0. The van der Waals surface area contributed by atoms with E-state index in [1.165, 1.54) is 7.11 Å². The molecule has 0 saturated heterocycles. The van der Waals surface area contributed by atoms with Crippen LogP contribution in [0.4, 0.5) is 4.79 Å². The Labute approximate surface area is 204 Å². The minimum Gasteiger partial charge on any atom is -0.460 e. The number of nitrogens with one attached hydrogen (secondary N) is 1. The summed E-state index contributed by atoms with van der Waals surface area (Å²) in [6.07, 6.45) is -2.31. The maximum Gasteiger partial charge on any atom is 0.407 e. The van der Waals surface area contributed by atoms with E-state index in [0.717, 1.165) is 0 Å². The lowest BCUT2D eigenvalue weighted by Gasteiger charge is -2.25. The van der Waals surface area contributed by atoms with Crippen molar-refractivity contribution < 1.29 is 52.0 Å². The molecule has 0 heterocycles. The first kappa shape index (κ1) is 32.9. The van der Waals surface area contributed by atoms with Gasteiger partial charge < -0.3 is 47.8 Å². The van der Waals surface area contributed by atoms with E-state index < -0.39 is 35.2 Å². The lowest BCUT2D eigenvalue weighted by Crippen LogP contribution is -2.56. The number of hydrogen-bond acceptors (Lipinski definition) is 11. The Morgan fingerprint density at radius 1 is 0.853 bits per heavy atom. The minimum atomic E-state index is -2.81. The normalized spacial score (nSPS) is 14.9. The zero-order chi connectivity index (χ0) is 26.2. The molecule has 3 unspecified atom stereocenters. The number of hydrogen-bond donors (Lipinski definition) is 3. The molecule has 0 spiro atoms. The molecule has 14 heteroatoms. The van der Waals surface area contributed by atoms with Crippen LogP contribution in [0.15, 0.2) is 0 Å². The number of rotatable bonds is 19. The van der Waals surface area contributed by atoms with Crippen LogP contribution in [0, 0.1) is 0 Å². The Morgan fingerprint density at radius 2 is 1.41 bits per heavy atom. The third-order valence-corrected chi connectivity index (χ3v) is 10.9. The van der Waals surface area contributed by atoms with E-state index in [9.17, 15) is 19.8 Å². The lowest BCUT2D eigenvalue weighted by molar-refractivity contribution is -0.151. The number of amides is 1. The van der Waals surface area contributed by atoms with Gasteiger partial charge in [-0.15, -0.1) is 0 Å². The maximum atomic E-state index is 12.0. The molecule has 12 nitrogen and oxygen atoms in total. The zero-order valence-electron chi connectivity index (χ0n) is 21.5. The van der Waals surface area contributed by atoms with Crippen molar-refractivity contribution in [1.82, 2.24) is 5.32 Å². The van der Waals surface area contributed by atoms with Crippen LogP contribution >= 0.6 is 0 Å². The van der Waals surface area contributed by atoms with Crippen LogP contribution in [0.2, 0.25) is 12.6 Å². The van der Waals surface area contributed by atoms with Gasteiger partial charge in [0.1, 0.15) is 12.2 Å². The molecule has 0 aliphatic heterocycles. The minimum absolute atomic E-state index is 0.0237. The fraction of sp³-hybridized carbons (Fsp3) is 0.900. The van der Waals surface area contributed by atoms with Gasteiger partial charge in [0.2, 0.25) is 0 Å². The van der Waals surface area contributed by atoms with E-state index in [4.69, 9.17) is 32.2 Å². The van der Waals surface area contributed by atoms with Crippen LogP contribution in [-0.2, 0) is 37.0 Å². The summed E-state index contributed by atoms with van der Waals surface area (Å²) in [5, 5.41) is 21.2. The topological polar surface area (TPSA) is 151 Å². The molecule has 0 aliphatic carbocycles. The molecule has 202 valence electrons. The van der Waals surface area contributed by atoms with Gasteiger partial charge in [-0.05, 0) is 27.3 Å². The van der Waals surface area contributed by atoms with Crippen LogP contribution in [-0.4, -0.2) is 117 Å². The molecule has 0 saturated carbocycles. The van der Waals surface area contributed by atoms with Crippen LogP contribution in [0.5, 0.6) is 0 Å². The van der Waals surface area contributed by atoms with Crippen LogP contribution in [0.3, 0.4) is 0 Å². The third kappa shape index (κ3) is 13.7. The van der Waals surface area contributed by atoms with Gasteiger partial charge in [-0.2, -0.15) is 0 Å². The molecule has 0 aromatic heterocycles. The fourth-order valence-electron chi connectivity index (χ4n) is 2.54. The van der Waals surface area contributed by atoms with Crippen molar-refractivity contribution in [3.8, 4) is 0 Å². The van der Waals surface area contributed by atoms with Crippen molar-refractivity contribution in [1.29, 1.82) is 0 Å². The number of aliphatic hydroxyl groups is 2. The molecule has 3 atom stereocenters.